The molecule has 1 aromatic heterocycles. The summed E-state index contributed by atoms with van der Waals surface area (Å²) < 4.78 is 43.7. The van der Waals surface area contributed by atoms with Gasteiger partial charge in [0.2, 0.25) is 0 Å². The molecule has 8 heteroatoms. The van der Waals surface area contributed by atoms with Gasteiger partial charge in [-0.1, -0.05) is 6.07 Å². The summed E-state index contributed by atoms with van der Waals surface area (Å²) in [7, 11) is 0. The summed E-state index contributed by atoms with van der Waals surface area (Å²) in [5.41, 5.74) is -1.94. The van der Waals surface area contributed by atoms with Crippen LogP contribution in [0.25, 0.3) is 0 Å². The van der Waals surface area contributed by atoms with E-state index in [4.69, 9.17) is 9.84 Å². The van der Waals surface area contributed by atoms with Gasteiger partial charge in [-0.25, -0.2) is 4.79 Å². The fraction of sp³-hybridized carbons (Fsp3) is 0.500. The highest BCUT2D eigenvalue weighted by Gasteiger charge is 2.34. The standard InChI is InChI=1S/C12H14F3NO4/c1-2-20-8(11(18)19)6-7-16-9(12(13,14)15)4-3-5-10(16)17/h3-5,8H,2,6-7H2,1H3,(H,18,19). The van der Waals surface area contributed by atoms with E-state index >= 15 is 0 Å². The van der Waals surface area contributed by atoms with Gasteiger partial charge in [0.1, 0.15) is 5.69 Å². The molecule has 1 atom stereocenters. The first-order valence-electron chi connectivity index (χ1n) is 5.88. The fourth-order valence-electron chi connectivity index (χ4n) is 1.72. The molecule has 1 heterocycles. The number of halogens is 3. The summed E-state index contributed by atoms with van der Waals surface area (Å²) in [5.74, 6) is -1.27. The molecule has 0 aliphatic heterocycles. The van der Waals surface area contributed by atoms with Crippen LogP contribution in [0.5, 0.6) is 0 Å². The number of hydrogen-bond donors (Lipinski definition) is 1. The van der Waals surface area contributed by atoms with Gasteiger partial charge < -0.3 is 14.4 Å². The summed E-state index contributed by atoms with van der Waals surface area (Å²) in [5, 5.41) is 8.85. The molecule has 0 aromatic carbocycles. The SMILES string of the molecule is CCOC(CCn1c(C(F)(F)F)cccc1=O)C(=O)O. The molecule has 1 N–H and O–H groups in total. The smallest absolute Gasteiger partial charge is 0.431 e. The van der Waals surface area contributed by atoms with Gasteiger partial charge in [-0.05, 0) is 13.0 Å². The van der Waals surface area contributed by atoms with Crippen LogP contribution in [0.15, 0.2) is 23.0 Å². The predicted octanol–water partition coefficient (Wildman–Crippen LogP) is 1.75. The van der Waals surface area contributed by atoms with Gasteiger partial charge in [-0.2, -0.15) is 13.2 Å². The second-order valence-corrected chi connectivity index (χ2v) is 3.97. The lowest BCUT2D eigenvalue weighted by Crippen LogP contribution is -2.31. The van der Waals surface area contributed by atoms with Gasteiger partial charge in [0.15, 0.2) is 6.10 Å². The van der Waals surface area contributed by atoms with Crippen LogP contribution >= 0.6 is 0 Å². The van der Waals surface area contributed by atoms with E-state index < -0.39 is 29.5 Å². The van der Waals surface area contributed by atoms with Crippen LogP contribution in [0.1, 0.15) is 19.0 Å². The van der Waals surface area contributed by atoms with Crippen molar-refractivity contribution in [1.82, 2.24) is 4.57 Å². The van der Waals surface area contributed by atoms with E-state index in [0.717, 1.165) is 18.2 Å². The molecule has 0 fully saturated rings. The van der Waals surface area contributed by atoms with E-state index in [1.54, 1.807) is 6.92 Å². The number of carboxylic acids is 1. The lowest BCUT2D eigenvalue weighted by atomic mass is 10.2. The molecule has 0 bridgehead atoms. The quantitative estimate of drug-likeness (QED) is 0.867. The molecule has 0 amide bonds. The van der Waals surface area contributed by atoms with Crippen LogP contribution in [0, 0.1) is 0 Å². The van der Waals surface area contributed by atoms with Gasteiger partial charge in [0, 0.05) is 25.6 Å². The van der Waals surface area contributed by atoms with E-state index in [1.165, 1.54) is 0 Å². The zero-order chi connectivity index (χ0) is 15.3. The topological polar surface area (TPSA) is 68.5 Å². The minimum atomic E-state index is -4.68. The van der Waals surface area contributed by atoms with Crippen molar-refractivity contribution in [3.8, 4) is 0 Å². The van der Waals surface area contributed by atoms with Crippen molar-refractivity contribution in [3.63, 3.8) is 0 Å². The molecule has 0 radical (unpaired) electrons. The maximum Gasteiger partial charge on any atom is 0.431 e. The zero-order valence-electron chi connectivity index (χ0n) is 10.7. The zero-order valence-corrected chi connectivity index (χ0v) is 10.7. The van der Waals surface area contributed by atoms with Crippen LogP contribution in [0.2, 0.25) is 0 Å². The Morgan fingerprint density at radius 2 is 2.10 bits per heavy atom. The van der Waals surface area contributed by atoms with Gasteiger partial charge in [0.25, 0.3) is 5.56 Å². The fourth-order valence-corrected chi connectivity index (χ4v) is 1.72. The van der Waals surface area contributed by atoms with Crippen molar-refractivity contribution in [2.75, 3.05) is 6.61 Å². The maximum atomic E-state index is 12.8. The largest absolute Gasteiger partial charge is 0.479 e. The van der Waals surface area contributed by atoms with Gasteiger partial charge in [-0.15, -0.1) is 0 Å². The molecule has 1 aromatic rings. The highest BCUT2D eigenvalue weighted by Crippen LogP contribution is 2.28. The Bertz CT molecular complexity index is 524. The summed E-state index contributed by atoms with van der Waals surface area (Å²) >= 11 is 0. The van der Waals surface area contributed by atoms with Crippen LogP contribution in [0.3, 0.4) is 0 Å². The lowest BCUT2D eigenvalue weighted by molar-refractivity contribution is -0.151. The Morgan fingerprint density at radius 1 is 1.45 bits per heavy atom. The number of hydrogen-bond acceptors (Lipinski definition) is 3. The molecule has 112 valence electrons. The number of aliphatic carboxylic acids is 1. The molecule has 0 spiro atoms. The minimum absolute atomic E-state index is 0.118. The molecule has 1 unspecified atom stereocenters. The monoisotopic (exact) mass is 293 g/mol. The number of ether oxygens (including phenoxy) is 1. The third-order valence-electron chi connectivity index (χ3n) is 2.60. The molecule has 0 aliphatic carbocycles. The van der Waals surface area contributed by atoms with Crippen molar-refractivity contribution >= 4 is 5.97 Å². The molecule has 0 saturated heterocycles. The second-order valence-electron chi connectivity index (χ2n) is 3.97. The molecule has 1 rings (SSSR count). The number of nitrogens with zero attached hydrogens (tertiary/aromatic N) is 1. The third-order valence-corrected chi connectivity index (χ3v) is 2.60. The summed E-state index contributed by atoms with van der Waals surface area (Å²) in [6.07, 6.45) is -6.14. The van der Waals surface area contributed by atoms with Crippen LogP contribution in [-0.2, 0) is 22.3 Å². The molecule has 5 nitrogen and oxygen atoms in total. The Hall–Kier alpha value is -1.83. The Balaban J connectivity index is 2.98. The summed E-state index contributed by atoms with van der Waals surface area (Å²) in [6, 6.07) is 2.78. The van der Waals surface area contributed by atoms with Gasteiger partial charge >= 0.3 is 12.1 Å². The average Bonchev–Trinajstić information content (AvgIpc) is 2.34. The van der Waals surface area contributed by atoms with Crippen molar-refractivity contribution in [3.05, 3.63) is 34.2 Å². The summed E-state index contributed by atoms with van der Waals surface area (Å²) in [4.78, 5) is 22.3. The first-order chi connectivity index (χ1) is 9.27. The Kier molecular flexibility index (Phi) is 5.32. The molecular weight excluding hydrogens is 279 g/mol. The molecular formula is C12H14F3NO4. The van der Waals surface area contributed by atoms with Crippen LogP contribution < -0.4 is 5.56 Å². The van der Waals surface area contributed by atoms with Gasteiger partial charge in [0.05, 0.1) is 0 Å². The summed E-state index contributed by atoms with van der Waals surface area (Å²) in [6.45, 7) is 1.31. The maximum absolute atomic E-state index is 12.8. The number of rotatable bonds is 6. The van der Waals surface area contributed by atoms with Crippen molar-refractivity contribution < 1.29 is 27.8 Å². The van der Waals surface area contributed by atoms with E-state index in [1.807, 2.05) is 0 Å². The van der Waals surface area contributed by atoms with E-state index in [9.17, 15) is 22.8 Å². The van der Waals surface area contributed by atoms with Gasteiger partial charge in [-0.3, -0.25) is 4.79 Å². The van der Waals surface area contributed by atoms with E-state index in [-0.39, 0.29) is 19.6 Å². The molecule has 0 aliphatic rings. The van der Waals surface area contributed by atoms with E-state index in [0.29, 0.717) is 4.57 Å². The minimum Gasteiger partial charge on any atom is -0.479 e. The Labute approximate surface area is 112 Å². The predicted molar refractivity (Wildman–Crippen MR) is 63.4 cm³/mol. The Morgan fingerprint density at radius 3 is 2.60 bits per heavy atom. The number of aromatic nitrogens is 1. The van der Waals surface area contributed by atoms with Crippen molar-refractivity contribution in [2.45, 2.75) is 32.2 Å². The van der Waals surface area contributed by atoms with Crippen molar-refractivity contribution in [2.24, 2.45) is 0 Å². The number of carbonyl (C=O) groups is 1. The normalized spacial score (nSPS) is 13.2. The van der Waals surface area contributed by atoms with Crippen molar-refractivity contribution in [1.29, 1.82) is 0 Å². The highest BCUT2D eigenvalue weighted by molar-refractivity contribution is 5.72. The molecule has 0 saturated carbocycles. The number of pyridine rings is 1. The lowest BCUT2D eigenvalue weighted by Gasteiger charge is -2.17. The second kappa shape index (κ2) is 6.56. The number of carboxylic acid groups (broad SMARTS) is 1. The first-order valence-corrected chi connectivity index (χ1v) is 5.88. The highest BCUT2D eigenvalue weighted by atomic mass is 19.4. The number of alkyl halides is 3. The van der Waals surface area contributed by atoms with E-state index in [2.05, 4.69) is 0 Å². The third kappa shape index (κ3) is 4.09. The average molecular weight is 293 g/mol. The van der Waals surface area contributed by atoms with Crippen LogP contribution in [0.4, 0.5) is 13.2 Å². The molecule has 20 heavy (non-hydrogen) atoms. The van der Waals surface area contributed by atoms with Crippen LogP contribution in [-0.4, -0.2) is 28.4 Å². The first kappa shape index (κ1) is 16.2.